The van der Waals surface area contributed by atoms with E-state index in [1.165, 1.54) is 23.0 Å². The van der Waals surface area contributed by atoms with Gasteiger partial charge in [0.15, 0.2) is 5.82 Å². The fourth-order valence-electron chi connectivity index (χ4n) is 3.59. The molecule has 0 unspecified atom stereocenters. The number of aromatic nitrogens is 2. The number of halogens is 4. The molecular formula is C20H18Cl2F2N4O. The molecule has 1 aliphatic heterocycles. The fraction of sp³-hybridized carbons (Fsp3) is 0.300. The first-order valence-corrected chi connectivity index (χ1v) is 9.78. The summed E-state index contributed by atoms with van der Waals surface area (Å²) in [6.07, 6.45) is 3.18. The predicted molar refractivity (Wildman–Crippen MR) is 112 cm³/mol. The van der Waals surface area contributed by atoms with E-state index in [-0.39, 0.29) is 38.1 Å². The third kappa shape index (κ3) is 3.47. The van der Waals surface area contributed by atoms with Crippen LogP contribution in [-0.2, 0) is 0 Å². The third-order valence-corrected chi connectivity index (χ3v) is 5.93. The quantitative estimate of drug-likeness (QED) is 0.658. The summed E-state index contributed by atoms with van der Waals surface area (Å²) in [6, 6.07) is 2.85. The zero-order valence-electron chi connectivity index (χ0n) is 15.4. The maximum absolute atomic E-state index is 14.7. The molecule has 1 aromatic heterocycles. The first-order chi connectivity index (χ1) is 13.7. The lowest BCUT2D eigenvalue weighted by molar-refractivity contribution is 0.352. The van der Waals surface area contributed by atoms with E-state index in [0.29, 0.717) is 18.8 Å². The van der Waals surface area contributed by atoms with Crippen LogP contribution in [0.25, 0.3) is 10.9 Å². The molecule has 0 amide bonds. The molecule has 2 aliphatic rings. The van der Waals surface area contributed by atoms with Crippen molar-refractivity contribution in [1.29, 1.82) is 0 Å². The molecule has 2 heterocycles. The molecule has 0 spiro atoms. The molecule has 5 nitrogen and oxygen atoms in total. The summed E-state index contributed by atoms with van der Waals surface area (Å²) in [5, 5.41) is 6.21. The van der Waals surface area contributed by atoms with Gasteiger partial charge in [-0.2, -0.15) is 0 Å². The van der Waals surface area contributed by atoms with Gasteiger partial charge in [-0.15, -0.1) is 0 Å². The summed E-state index contributed by atoms with van der Waals surface area (Å²) in [6.45, 7) is 7.49. The second kappa shape index (κ2) is 7.23. The SMILES string of the molecule is C=C(Cl)/C(Cl)=C(\C(=C)F)C1(Nc2cc(F)c3ncn(C4CC4)c(=O)c3c2)CNC1. The molecule has 0 radical (unpaired) electrons. The topological polar surface area (TPSA) is 59.0 Å². The lowest BCUT2D eigenvalue weighted by atomic mass is 9.82. The minimum Gasteiger partial charge on any atom is -0.373 e. The second-order valence-corrected chi connectivity index (χ2v) is 8.19. The summed E-state index contributed by atoms with van der Waals surface area (Å²) in [4.78, 5) is 16.9. The molecule has 152 valence electrons. The summed E-state index contributed by atoms with van der Waals surface area (Å²) in [5.41, 5.74) is -0.986. The summed E-state index contributed by atoms with van der Waals surface area (Å²) in [7, 11) is 0. The normalized spacial score (nSPS) is 18.8. The van der Waals surface area contributed by atoms with E-state index < -0.39 is 17.2 Å². The van der Waals surface area contributed by atoms with E-state index in [2.05, 4.69) is 28.8 Å². The highest BCUT2D eigenvalue weighted by atomic mass is 35.5. The number of benzene rings is 1. The molecule has 2 N–H and O–H groups in total. The number of hydrogen-bond acceptors (Lipinski definition) is 4. The Bertz CT molecular complexity index is 1130. The molecule has 2 fully saturated rings. The molecule has 1 saturated heterocycles. The highest BCUT2D eigenvalue weighted by molar-refractivity contribution is 6.44. The Morgan fingerprint density at radius 3 is 2.52 bits per heavy atom. The van der Waals surface area contributed by atoms with E-state index in [9.17, 15) is 13.6 Å². The molecule has 1 aliphatic carbocycles. The van der Waals surface area contributed by atoms with Gasteiger partial charge in [-0.05, 0) is 25.0 Å². The van der Waals surface area contributed by atoms with Crippen LogP contribution in [-0.4, -0.2) is 28.2 Å². The van der Waals surface area contributed by atoms with Gasteiger partial charge in [0.05, 0.1) is 27.3 Å². The smallest absolute Gasteiger partial charge is 0.261 e. The molecule has 0 atom stereocenters. The zero-order chi connectivity index (χ0) is 20.9. The van der Waals surface area contributed by atoms with Gasteiger partial charge in [-0.1, -0.05) is 36.4 Å². The Hall–Kier alpha value is -2.22. The van der Waals surface area contributed by atoms with Crippen LogP contribution in [0.1, 0.15) is 18.9 Å². The van der Waals surface area contributed by atoms with Crippen molar-refractivity contribution in [1.82, 2.24) is 14.9 Å². The monoisotopic (exact) mass is 438 g/mol. The van der Waals surface area contributed by atoms with Crippen LogP contribution in [0.5, 0.6) is 0 Å². The molecule has 1 saturated carbocycles. The van der Waals surface area contributed by atoms with Crippen LogP contribution in [0.15, 0.2) is 57.9 Å². The van der Waals surface area contributed by atoms with Gasteiger partial charge in [0.25, 0.3) is 5.56 Å². The van der Waals surface area contributed by atoms with Crippen molar-refractivity contribution >= 4 is 39.8 Å². The van der Waals surface area contributed by atoms with Crippen LogP contribution < -0.4 is 16.2 Å². The first kappa shape index (κ1) is 20.1. The number of fused-ring (bicyclic) bond motifs is 1. The van der Waals surface area contributed by atoms with Gasteiger partial charge < -0.3 is 10.6 Å². The maximum atomic E-state index is 14.7. The van der Waals surface area contributed by atoms with Crippen molar-refractivity contribution in [2.24, 2.45) is 0 Å². The van der Waals surface area contributed by atoms with Crippen molar-refractivity contribution in [3.63, 3.8) is 0 Å². The van der Waals surface area contributed by atoms with Crippen molar-refractivity contribution < 1.29 is 8.78 Å². The summed E-state index contributed by atoms with van der Waals surface area (Å²) < 4.78 is 30.5. The average Bonchev–Trinajstić information content (AvgIpc) is 3.45. The molecule has 0 bridgehead atoms. The number of nitrogens with zero attached hydrogens (tertiary/aromatic N) is 2. The van der Waals surface area contributed by atoms with Gasteiger partial charge in [0.2, 0.25) is 0 Å². The van der Waals surface area contributed by atoms with Crippen molar-refractivity contribution in [2.45, 2.75) is 24.4 Å². The van der Waals surface area contributed by atoms with E-state index in [1.54, 1.807) is 0 Å². The zero-order valence-corrected chi connectivity index (χ0v) is 16.9. The van der Waals surface area contributed by atoms with Crippen LogP contribution >= 0.6 is 23.2 Å². The number of allylic oxidation sites excluding steroid dienone is 2. The first-order valence-electron chi connectivity index (χ1n) is 9.02. The highest BCUT2D eigenvalue weighted by Crippen LogP contribution is 2.39. The Morgan fingerprint density at radius 1 is 1.31 bits per heavy atom. The van der Waals surface area contributed by atoms with Crippen LogP contribution in [0, 0.1) is 5.82 Å². The van der Waals surface area contributed by atoms with Crippen LogP contribution in [0.4, 0.5) is 14.5 Å². The molecule has 1 aromatic carbocycles. The van der Waals surface area contributed by atoms with Crippen molar-refractivity contribution in [3.05, 3.63) is 69.3 Å². The van der Waals surface area contributed by atoms with E-state index in [0.717, 1.165) is 12.8 Å². The molecule has 29 heavy (non-hydrogen) atoms. The van der Waals surface area contributed by atoms with E-state index in [1.807, 2.05) is 0 Å². The minimum absolute atomic E-state index is 0.00364. The molecule has 9 heteroatoms. The fourth-order valence-corrected chi connectivity index (χ4v) is 3.97. The maximum Gasteiger partial charge on any atom is 0.261 e. The largest absolute Gasteiger partial charge is 0.373 e. The minimum atomic E-state index is -1.02. The molecule has 2 aromatic rings. The van der Waals surface area contributed by atoms with E-state index >= 15 is 0 Å². The summed E-state index contributed by atoms with van der Waals surface area (Å²) in [5.74, 6) is -1.42. The lowest BCUT2D eigenvalue weighted by Gasteiger charge is -2.45. The van der Waals surface area contributed by atoms with Gasteiger partial charge in [-0.3, -0.25) is 9.36 Å². The Morgan fingerprint density at radius 2 is 2.00 bits per heavy atom. The lowest BCUT2D eigenvalue weighted by Crippen LogP contribution is -2.65. The molecular weight excluding hydrogens is 421 g/mol. The average molecular weight is 439 g/mol. The Kier molecular flexibility index (Phi) is 5.01. The standard InChI is InChI=1S/C20H18Cl2F2N4O/c1-10(21)17(22)16(11(2)23)20(7-25-8-20)27-12-5-14-18(15(24)6-12)26-9-28(19(14)29)13-3-4-13/h5-6,9,13,25,27H,1-4,7-8H2/b17-16-. The van der Waals surface area contributed by atoms with Crippen LogP contribution in [0.2, 0.25) is 0 Å². The van der Waals surface area contributed by atoms with Crippen LogP contribution in [0.3, 0.4) is 0 Å². The Labute approximate surface area is 175 Å². The second-order valence-electron chi connectivity index (χ2n) is 7.35. The summed E-state index contributed by atoms with van der Waals surface area (Å²) >= 11 is 12.1. The van der Waals surface area contributed by atoms with Gasteiger partial charge in [0, 0.05) is 30.4 Å². The van der Waals surface area contributed by atoms with E-state index in [4.69, 9.17) is 23.2 Å². The van der Waals surface area contributed by atoms with Crippen molar-refractivity contribution in [2.75, 3.05) is 18.4 Å². The number of anilines is 1. The number of hydrogen-bond donors (Lipinski definition) is 2. The highest BCUT2D eigenvalue weighted by Gasteiger charge is 2.44. The van der Waals surface area contributed by atoms with Gasteiger partial charge in [-0.25, -0.2) is 13.8 Å². The van der Waals surface area contributed by atoms with Crippen molar-refractivity contribution in [3.8, 4) is 0 Å². The predicted octanol–water partition coefficient (Wildman–Crippen LogP) is 4.35. The Balaban J connectivity index is 1.81. The van der Waals surface area contributed by atoms with Gasteiger partial charge in [0.1, 0.15) is 11.3 Å². The number of nitrogens with one attached hydrogen (secondary N) is 2. The number of rotatable bonds is 6. The molecule has 4 rings (SSSR count). The van der Waals surface area contributed by atoms with Gasteiger partial charge >= 0.3 is 0 Å². The third-order valence-electron chi connectivity index (χ3n) is 5.22.